The first-order valence-electron chi connectivity index (χ1n) is 7.15. The highest BCUT2D eigenvalue weighted by atomic mass is 16.5. The zero-order chi connectivity index (χ0) is 15.5. The number of amides is 1. The molecule has 1 N–H and O–H groups in total. The Morgan fingerprint density at radius 2 is 1.82 bits per heavy atom. The second kappa shape index (κ2) is 5.93. The molecule has 0 saturated heterocycles. The van der Waals surface area contributed by atoms with Crippen LogP contribution in [0.1, 0.15) is 5.56 Å². The monoisotopic (exact) mass is 294 g/mol. The Morgan fingerprint density at radius 1 is 1.09 bits per heavy atom. The summed E-state index contributed by atoms with van der Waals surface area (Å²) in [4.78, 5) is 14.4. The molecule has 0 bridgehead atoms. The van der Waals surface area contributed by atoms with Crippen LogP contribution in [0.5, 0.6) is 5.75 Å². The molecule has 4 heteroatoms. The summed E-state index contributed by atoms with van der Waals surface area (Å²) in [7, 11) is 3.90. The Labute approximate surface area is 130 Å². The predicted molar refractivity (Wildman–Crippen MR) is 89.3 cm³/mol. The van der Waals surface area contributed by atoms with Crippen LogP contribution in [0.2, 0.25) is 0 Å². The molecule has 0 fully saturated rings. The molecule has 22 heavy (non-hydrogen) atoms. The maximum absolute atomic E-state index is 12.5. The zero-order valence-electron chi connectivity index (χ0n) is 12.7. The van der Waals surface area contributed by atoms with Crippen molar-refractivity contribution in [3.63, 3.8) is 0 Å². The Balaban J connectivity index is 1.83. The molecule has 2 aromatic rings. The van der Waals surface area contributed by atoms with Gasteiger partial charge < -0.3 is 15.0 Å². The molecule has 0 atom stereocenters. The average Bonchev–Trinajstić information content (AvgIpc) is 2.54. The van der Waals surface area contributed by atoms with E-state index in [2.05, 4.69) is 5.32 Å². The van der Waals surface area contributed by atoms with Gasteiger partial charge in [-0.15, -0.1) is 0 Å². The number of hydrogen-bond donors (Lipinski definition) is 1. The van der Waals surface area contributed by atoms with E-state index in [4.69, 9.17) is 4.74 Å². The number of ether oxygens (including phenoxy) is 1. The maximum atomic E-state index is 12.5. The quantitative estimate of drug-likeness (QED) is 0.945. The lowest BCUT2D eigenvalue weighted by molar-refractivity contribution is -0.113. The van der Waals surface area contributed by atoms with Crippen LogP contribution in [0.25, 0.3) is 6.08 Å². The lowest BCUT2D eigenvalue weighted by atomic mass is 10.1. The molecule has 0 spiro atoms. The van der Waals surface area contributed by atoms with E-state index in [1.54, 1.807) is 0 Å². The second-order valence-corrected chi connectivity index (χ2v) is 5.36. The van der Waals surface area contributed by atoms with Crippen LogP contribution in [0.15, 0.2) is 54.1 Å². The minimum absolute atomic E-state index is 0.135. The zero-order valence-corrected chi connectivity index (χ0v) is 12.7. The number of nitrogens with zero attached hydrogens (tertiary/aromatic N) is 1. The normalized spacial score (nSPS) is 12.7. The third-order valence-corrected chi connectivity index (χ3v) is 3.56. The van der Waals surface area contributed by atoms with Crippen molar-refractivity contribution >= 4 is 23.4 Å². The van der Waals surface area contributed by atoms with E-state index in [1.165, 1.54) is 0 Å². The lowest BCUT2D eigenvalue weighted by Crippen LogP contribution is -2.22. The maximum Gasteiger partial charge on any atom is 0.255 e. The third kappa shape index (κ3) is 2.81. The molecular weight excluding hydrogens is 276 g/mol. The van der Waals surface area contributed by atoms with Gasteiger partial charge in [0.05, 0.1) is 16.9 Å². The molecule has 1 heterocycles. The van der Waals surface area contributed by atoms with E-state index < -0.39 is 0 Å². The number of nitrogens with one attached hydrogen (secondary N) is 1. The van der Waals surface area contributed by atoms with E-state index >= 15 is 0 Å². The van der Waals surface area contributed by atoms with Crippen molar-refractivity contribution < 1.29 is 9.53 Å². The Morgan fingerprint density at radius 3 is 2.64 bits per heavy atom. The third-order valence-electron chi connectivity index (χ3n) is 3.56. The van der Waals surface area contributed by atoms with Crippen LogP contribution in [-0.2, 0) is 4.79 Å². The summed E-state index contributed by atoms with van der Waals surface area (Å²) in [6.07, 6.45) is 1.88. The smallest absolute Gasteiger partial charge is 0.255 e. The van der Waals surface area contributed by atoms with Crippen LogP contribution in [0.3, 0.4) is 0 Å². The molecule has 112 valence electrons. The molecule has 3 rings (SSSR count). The van der Waals surface area contributed by atoms with E-state index in [-0.39, 0.29) is 12.5 Å². The molecule has 1 aliphatic heterocycles. The molecule has 4 nitrogen and oxygen atoms in total. The van der Waals surface area contributed by atoms with Gasteiger partial charge >= 0.3 is 0 Å². The summed E-state index contributed by atoms with van der Waals surface area (Å²) in [5, 5.41) is 2.96. The first-order chi connectivity index (χ1) is 10.6. The van der Waals surface area contributed by atoms with Crippen molar-refractivity contribution in [2.24, 2.45) is 0 Å². The molecule has 0 unspecified atom stereocenters. The summed E-state index contributed by atoms with van der Waals surface area (Å²) in [5.74, 6) is 0.677. The van der Waals surface area contributed by atoms with Gasteiger partial charge in [0.2, 0.25) is 0 Å². The van der Waals surface area contributed by atoms with Crippen molar-refractivity contribution in [2.75, 3.05) is 30.9 Å². The first-order valence-corrected chi connectivity index (χ1v) is 7.15. The minimum atomic E-state index is -0.135. The summed E-state index contributed by atoms with van der Waals surface area (Å²) < 4.78 is 5.63. The number of carbonyl (C=O) groups excluding carboxylic acids is 1. The second-order valence-electron chi connectivity index (χ2n) is 5.36. The number of hydrogen-bond acceptors (Lipinski definition) is 3. The minimum Gasteiger partial charge on any atom is -0.488 e. The van der Waals surface area contributed by atoms with Gasteiger partial charge in [0.25, 0.3) is 5.91 Å². The van der Waals surface area contributed by atoms with E-state index in [0.29, 0.717) is 5.57 Å². The fourth-order valence-corrected chi connectivity index (χ4v) is 2.42. The van der Waals surface area contributed by atoms with Crippen molar-refractivity contribution in [2.45, 2.75) is 0 Å². The largest absolute Gasteiger partial charge is 0.488 e. The van der Waals surface area contributed by atoms with E-state index in [1.807, 2.05) is 73.6 Å². The van der Waals surface area contributed by atoms with Gasteiger partial charge in [-0.25, -0.2) is 0 Å². The topological polar surface area (TPSA) is 41.6 Å². The Hall–Kier alpha value is -2.75. The highest BCUT2D eigenvalue weighted by molar-refractivity contribution is 6.08. The van der Waals surface area contributed by atoms with Crippen LogP contribution in [0.4, 0.5) is 11.4 Å². The summed E-state index contributed by atoms with van der Waals surface area (Å²) in [6, 6.07) is 15.4. The number of para-hydroxylation sites is 3. The van der Waals surface area contributed by atoms with E-state index in [9.17, 15) is 4.79 Å². The number of fused-ring (bicyclic) bond motifs is 1. The number of carbonyl (C=O) groups is 1. The van der Waals surface area contributed by atoms with Crippen molar-refractivity contribution in [3.8, 4) is 5.75 Å². The number of rotatable bonds is 3. The van der Waals surface area contributed by atoms with Crippen molar-refractivity contribution in [3.05, 3.63) is 59.7 Å². The highest BCUT2D eigenvalue weighted by Crippen LogP contribution is 2.28. The molecule has 1 amide bonds. The molecule has 0 aromatic heterocycles. The number of benzene rings is 2. The summed E-state index contributed by atoms with van der Waals surface area (Å²) in [6.45, 7) is 0.285. The SMILES string of the molecule is CN(C)c1ccccc1NC(=O)C1=Cc2ccccc2OC1. The van der Waals surface area contributed by atoms with Gasteiger partial charge in [-0.3, -0.25) is 4.79 Å². The van der Waals surface area contributed by atoms with Crippen molar-refractivity contribution in [1.82, 2.24) is 0 Å². The number of anilines is 2. The Bertz CT molecular complexity index is 735. The molecule has 0 radical (unpaired) electrons. The average molecular weight is 294 g/mol. The van der Waals surface area contributed by atoms with Gasteiger partial charge in [-0.1, -0.05) is 30.3 Å². The summed E-state index contributed by atoms with van der Waals surface area (Å²) >= 11 is 0. The van der Waals surface area contributed by atoms with Gasteiger partial charge in [0, 0.05) is 19.7 Å². The van der Waals surface area contributed by atoms with Crippen LogP contribution >= 0.6 is 0 Å². The lowest BCUT2D eigenvalue weighted by Gasteiger charge is -2.20. The fraction of sp³-hybridized carbons (Fsp3) is 0.167. The van der Waals surface area contributed by atoms with Crippen LogP contribution < -0.4 is 15.0 Å². The molecular formula is C18H18N2O2. The molecule has 1 aliphatic rings. The van der Waals surface area contributed by atoms with E-state index in [0.717, 1.165) is 22.7 Å². The standard InChI is InChI=1S/C18H18N2O2/c1-20(2)16-9-5-4-8-15(16)19-18(21)14-11-13-7-3-6-10-17(13)22-12-14/h3-11H,12H2,1-2H3,(H,19,21). The van der Waals surface area contributed by atoms with Crippen LogP contribution in [0, 0.1) is 0 Å². The molecule has 0 saturated carbocycles. The molecule has 0 aliphatic carbocycles. The molecule has 2 aromatic carbocycles. The van der Waals surface area contributed by atoms with Gasteiger partial charge in [-0.05, 0) is 24.3 Å². The van der Waals surface area contributed by atoms with Gasteiger partial charge in [-0.2, -0.15) is 0 Å². The summed E-state index contributed by atoms with van der Waals surface area (Å²) in [5.41, 5.74) is 3.30. The Kier molecular flexibility index (Phi) is 3.83. The van der Waals surface area contributed by atoms with Crippen molar-refractivity contribution in [1.29, 1.82) is 0 Å². The van der Waals surface area contributed by atoms with Gasteiger partial charge in [0.15, 0.2) is 0 Å². The fourth-order valence-electron chi connectivity index (χ4n) is 2.42. The highest BCUT2D eigenvalue weighted by Gasteiger charge is 2.18. The first kappa shape index (κ1) is 14.2. The predicted octanol–water partition coefficient (Wildman–Crippen LogP) is 3.17. The van der Waals surface area contributed by atoms with Crippen LogP contribution in [-0.4, -0.2) is 26.6 Å². The van der Waals surface area contributed by atoms with Gasteiger partial charge in [0.1, 0.15) is 12.4 Å².